The third-order valence-corrected chi connectivity index (χ3v) is 47.6. The third kappa shape index (κ3) is 5.55. The quantitative estimate of drug-likeness (QED) is 0.182. The molecule has 5 heteroatoms. The minimum atomic E-state index is -0.405. The second-order valence-corrected chi connectivity index (χ2v) is 32.8. The molecule has 0 atom stereocenters. The lowest BCUT2D eigenvalue weighted by Crippen LogP contribution is -1.72. The van der Waals surface area contributed by atoms with Crippen molar-refractivity contribution in [3.8, 4) is 26.5 Å². The number of rotatable bonds is 5. The first-order valence-electron chi connectivity index (χ1n) is 13.7. The van der Waals surface area contributed by atoms with Crippen LogP contribution in [-0.4, -0.2) is 0 Å². The van der Waals surface area contributed by atoms with Crippen LogP contribution in [-0.2, 0) is 0 Å². The van der Waals surface area contributed by atoms with Gasteiger partial charge in [0.05, 0.1) is 0 Å². The van der Waals surface area contributed by atoms with Crippen molar-refractivity contribution in [3.05, 3.63) is 149 Å². The number of benzene rings is 5. The number of hydrogen-bond donors (Lipinski definition) is 0. The molecule has 0 unspecified atom stereocenters. The van der Waals surface area contributed by atoms with Crippen LogP contribution in [0.1, 0.15) is 27.8 Å². The first kappa shape index (κ1) is 27.8. The van der Waals surface area contributed by atoms with Crippen LogP contribution >= 0.6 is 34.4 Å². The molecule has 0 spiro atoms. The molecule has 6 rings (SSSR count). The van der Waals surface area contributed by atoms with Gasteiger partial charge in [-0.15, -0.1) is 0 Å². The zero-order chi connectivity index (χ0) is 27.8. The molecular weight excluding hydrogens is 575 g/mol. The van der Waals surface area contributed by atoms with E-state index in [-0.39, 0.29) is 0 Å². The van der Waals surface area contributed by atoms with Crippen LogP contribution in [0.4, 0.5) is 0 Å². The summed E-state index contributed by atoms with van der Waals surface area (Å²) in [6.45, 7) is 9.06. The third-order valence-electron chi connectivity index (χ3n) is 7.22. The van der Waals surface area contributed by atoms with E-state index in [0.29, 0.717) is 0 Å². The van der Waals surface area contributed by atoms with Crippen LogP contribution in [0.15, 0.2) is 121 Å². The van der Waals surface area contributed by atoms with E-state index in [0.717, 1.165) is 0 Å². The Morgan fingerprint density at radius 2 is 0.350 bits per heavy atom. The highest BCUT2D eigenvalue weighted by molar-refractivity contribution is 8.77. The van der Waals surface area contributed by atoms with Gasteiger partial charge < -0.3 is 0 Å². The smallest absolute Gasteiger partial charge is 0.00635 e. The predicted octanol–water partition coefficient (Wildman–Crippen LogP) is 14.2. The van der Waals surface area contributed by atoms with Gasteiger partial charge in [-0.3, -0.25) is 0 Å². The van der Waals surface area contributed by atoms with E-state index in [2.05, 4.69) is 156 Å². The van der Waals surface area contributed by atoms with Gasteiger partial charge in [-0.05, 0) is 130 Å². The van der Waals surface area contributed by atoms with Crippen LogP contribution in [0, 0.1) is 34.6 Å². The molecule has 0 aliphatic rings. The standard InChI is InChI=1S/C35H35P5/c1-26-6-16-31(17-7-26)36-37(32-18-8-27(2)9-19-32)39(34-22-12-29(4)13-23-34)40(35-24-14-30(5)15-25-35)38(36)33-20-10-28(3)11-21-33/h6-25H,1-5H3. The molecule has 0 saturated heterocycles. The SMILES string of the molecule is Cc1ccc(-p2p(-c3ccc(C)cc3)p(-c3ccc(C)cc3)p(-c3ccc(C)cc3)p2-c2ccc(C)cc2)cc1. The van der Waals surface area contributed by atoms with Gasteiger partial charge in [0.1, 0.15) is 0 Å². The van der Waals surface area contributed by atoms with Gasteiger partial charge in [0.15, 0.2) is 0 Å². The van der Waals surface area contributed by atoms with E-state index < -0.39 is 34.4 Å². The first-order chi connectivity index (χ1) is 19.4. The lowest BCUT2D eigenvalue weighted by Gasteiger charge is -2.13. The molecule has 0 aliphatic heterocycles. The molecule has 0 N–H and O–H groups in total. The summed E-state index contributed by atoms with van der Waals surface area (Å²) in [6.07, 6.45) is 0. The maximum absolute atomic E-state index is 2.48. The average molecular weight is 611 g/mol. The minimum absolute atomic E-state index is 0.405. The van der Waals surface area contributed by atoms with Gasteiger partial charge in [0.25, 0.3) is 0 Å². The molecule has 0 amide bonds. The highest BCUT2D eigenvalue weighted by Gasteiger charge is 2.27. The average Bonchev–Trinajstić information content (AvgIpc) is 3.31. The van der Waals surface area contributed by atoms with Crippen molar-refractivity contribution in [1.29, 1.82) is 0 Å². The Balaban J connectivity index is 1.84. The van der Waals surface area contributed by atoms with Gasteiger partial charge in [0.2, 0.25) is 0 Å². The second kappa shape index (κ2) is 11.8. The van der Waals surface area contributed by atoms with Crippen molar-refractivity contribution in [2.75, 3.05) is 0 Å². The lowest BCUT2D eigenvalue weighted by atomic mass is 10.2. The maximum Gasteiger partial charge on any atom is 0.00635 e. The Labute approximate surface area is 243 Å². The Bertz CT molecular complexity index is 1450. The summed E-state index contributed by atoms with van der Waals surface area (Å²) in [7, 11) is 0. The van der Waals surface area contributed by atoms with Crippen LogP contribution in [0.3, 0.4) is 0 Å². The number of aryl methyl sites for hydroxylation is 5. The topological polar surface area (TPSA) is 0 Å². The molecule has 0 radical (unpaired) electrons. The van der Waals surface area contributed by atoms with Gasteiger partial charge in [-0.2, -0.15) is 0 Å². The predicted molar refractivity (Wildman–Crippen MR) is 188 cm³/mol. The molecule has 1 aromatic heterocycles. The van der Waals surface area contributed by atoms with Crippen molar-refractivity contribution in [2.24, 2.45) is 0 Å². The Hall–Kier alpha value is -2.40. The molecule has 5 aromatic carbocycles. The zero-order valence-electron chi connectivity index (χ0n) is 23.8. The van der Waals surface area contributed by atoms with Crippen molar-refractivity contribution in [3.63, 3.8) is 0 Å². The molecule has 0 bridgehead atoms. The van der Waals surface area contributed by atoms with Gasteiger partial charge >= 0.3 is 0 Å². The summed E-state index contributed by atoms with van der Waals surface area (Å²) in [5.74, 6) is 0. The molecule has 40 heavy (non-hydrogen) atoms. The maximum atomic E-state index is 2.48. The van der Waals surface area contributed by atoms with E-state index in [9.17, 15) is 0 Å². The zero-order valence-corrected chi connectivity index (χ0v) is 28.3. The van der Waals surface area contributed by atoms with Crippen LogP contribution in [0.5, 0.6) is 0 Å². The van der Waals surface area contributed by atoms with Crippen molar-refractivity contribution < 1.29 is 0 Å². The fourth-order valence-corrected chi connectivity index (χ4v) is 69.6. The van der Waals surface area contributed by atoms with E-state index in [1.54, 1.807) is 26.5 Å². The van der Waals surface area contributed by atoms with Crippen LogP contribution in [0.25, 0.3) is 26.5 Å². The minimum Gasteiger partial charge on any atom is -0.0584 e. The van der Waals surface area contributed by atoms with Crippen LogP contribution < -0.4 is 0 Å². The van der Waals surface area contributed by atoms with Gasteiger partial charge in [-0.1, -0.05) is 88.5 Å². The molecule has 0 aliphatic carbocycles. The molecular formula is C35H35P5. The molecule has 1 heterocycles. The molecule has 6 aromatic rings. The molecule has 0 nitrogen and oxygen atoms in total. The molecule has 200 valence electrons. The Morgan fingerprint density at radius 3 is 0.475 bits per heavy atom. The summed E-state index contributed by atoms with van der Waals surface area (Å²) in [6, 6.07) is 48.3. The fourth-order valence-electron chi connectivity index (χ4n) is 4.89. The summed E-state index contributed by atoms with van der Waals surface area (Å²) in [5.41, 5.74) is 6.73. The van der Waals surface area contributed by atoms with E-state index in [1.807, 2.05) is 0 Å². The highest BCUT2D eigenvalue weighted by atomic mass is 32.7. The van der Waals surface area contributed by atoms with E-state index in [1.165, 1.54) is 27.8 Å². The highest BCUT2D eigenvalue weighted by Crippen LogP contribution is 2.97. The largest absolute Gasteiger partial charge is 0.0584 e. The summed E-state index contributed by atoms with van der Waals surface area (Å²) < 4.78 is 0. The monoisotopic (exact) mass is 610 g/mol. The molecule has 0 saturated carbocycles. The van der Waals surface area contributed by atoms with Crippen molar-refractivity contribution in [1.82, 2.24) is 0 Å². The summed E-state index contributed by atoms with van der Waals surface area (Å²) >= 11 is 0. The van der Waals surface area contributed by atoms with Crippen LogP contribution in [0.2, 0.25) is 0 Å². The Kier molecular flexibility index (Phi) is 8.21. The first-order valence-corrected chi connectivity index (χ1v) is 24.0. The fraction of sp³-hybridized carbons (Fsp3) is 0.143. The lowest BCUT2D eigenvalue weighted by molar-refractivity contribution is 1.49. The van der Waals surface area contributed by atoms with Crippen molar-refractivity contribution in [2.45, 2.75) is 34.6 Å². The van der Waals surface area contributed by atoms with Crippen molar-refractivity contribution >= 4 is 34.4 Å². The normalized spacial score (nSPS) is 13.4. The summed E-state index contributed by atoms with van der Waals surface area (Å²) in [5, 5.41) is 7.97. The van der Waals surface area contributed by atoms with E-state index >= 15 is 0 Å². The number of hydrogen-bond acceptors (Lipinski definition) is 0. The van der Waals surface area contributed by atoms with E-state index in [4.69, 9.17) is 0 Å². The second-order valence-electron chi connectivity index (χ2n) is 10.6. The van der Waals surface area contributed by atoms with Gasteiger partial charge in [0, 0.05) is 26.5 Å². The molecule has 0 fully saturated rings. The van der Waals surface area contributed by atoms with Gasteiger partial charge in [-0.25, -0.2) is 0 Å². The Morgan fingerprint density at radius 1 is 0.225 bits per heavy atom. The summed E-state index contributed by atoms with van der Waals surface area (Å²) in [4.78, 5) is 0.